The average molecular weight is 179 g/mol. The van der Waals surface area contributed by atoms with E-state index < -0.39 is 0 Å². The molecule has 1 aromatic heterocycles. The molecule has 2 rings (SSSR count). The van der Waals surface area contributed by atoms with E-state index in [-0.39, 0.29) is 6.04 Å². The quantitative estimate of drug-likeness (QED) is 0.652. The van der Waals surface area contributed by atoms with Crippen LogP contribution in [0.2, 0.25) is 0 Å². The number of rotatable bonds is 1. The summed E-state index contributed by atoms with van der Waals surface area (Å²) in [7, 11) is 0. The predicted octanol–water partition coefficient (Wildman–Crippen LogP) is 0.325. The predicted molar refractivity (Wildman–Crippen MR) is 50.2 cm³/mol. The molecule has 13 heavy (non-hydrogen) atoms. The molecule has 1 aliphatic rings. The standard InChI is InChI=1S/C9H13N3O/c10-7-1-2-8(12-5-7)9-6-13-4-3-11-9/h1-2,5,9,11H,3-4,6,10H2/t9-/m0/s1. The van der Waals surface area contributed by atoms with Crippen LogP contribution in [0.3, 0.4) is 0 Å². The van der Waals surface area contributed by atoms with E-state index in [1.165, 1.54) is 0 Å². The van der Waals surface area contributed by atoms with Crippen molar-refractivity contribution in [3.05, 3.63) is 24.0 Å². The molecule has 0 amide bonds. The second-order valence-electron chi connectivity index (χ2n) is 3.10. The molecular weight excluding hydrogens is 166 g/mol. The van der Waals surface area contributed by atoms with E-state index in [4.69, 9.17) is 10.5 Å². The summed E-state index contributed by atoms with van der Waals surface area (Å²) in [6, 6.07) is 4.01. The molecular formula is C9H13N3O. The molecule has 4 heteroatoms. The van der Waals surface area contributed by atoms with Gasteiger partial charge in [0.2, 0.25) is 0 Å². The minimum absolute atomic E-state index is 0.217. The van der Waals surface area contributed by atoms with Gasteiger partial charge in [-0.05, 0) is 12.1 Å². The highest BCUT2D eigenvalue weighted by Crippen LogP contribution is 2.13. The fraction of sp³-hybridized carbons (Fsp3) is 0.444. The van der Waals surface area contributed by atoms with Crippen molar-refractivity contribution in [1.82, 2.24) is 10.3 Å². The van der Waals surface area contributed by atoms with Crippen LogP contribution in [-0.4, -0.2) is 24.7 Å². The van der Waals surface area contributed by atoms with Gasteiger partial charge in [-0.15, -0.1) is 0 Å². The number of morpholine rings is 1. The van der Waals surface area contributed by atoms with E-state index in [0.717, 1.165) is 18.8 Å². The average Bonchev–Trinajstić information content (AvgIpc) is 2.20. The highest BCUT2D eigenvalue weighted by Gasteiger charge is 2.15. The van der Waals surface area contributed by atoms with Crippen LogP contribution in [0.5, 0.6) is 0 Å². The van der Waals surface area contributed by atoms with Crippen LogP contribution in [0.4, 0.5) is 5.69 Å². The molecule has 0 radical (unpaired) electrons. The SMILES string of the molecule is Nc1ccc([C@@H]2COCCN2)nc1. The summed E-state index contributed by atoms with van der Waals surface area (Å²) in [5.74, 6) is 0. The van der Waals surface area contributed by atoms with E-state index >= 15 is 0 Å². The molecule has 0 spiro atoms. The third-order valence-electron chi connectivity index (χ3n) is 2.09. The molecule has 70 valence electrons. The maximum Gasteiger partial charge on any atom is 0.0733 e. The lowest BCUT2D eigenvalue weighted by atomic mass is 10.2. The molecule has 0 unspecified atom stereocenters. The van der Waals surface area contributed by atoms with E-state index in [2.05, 4.69) is 10.3 Å². The molecule has 2 heterocycles. The van der Waals surface area contributed by atoms with Gasteiger partial charge in [0.25, 0.3) is 0 Å². The van der Waals surface area contributed by atoms with Crippen LogP contribution < -0.4 is 11.1 Å². The molecule has 1 aromatic rings. The van der Waals surface area contributed by atoms with Crippen molar-refractivity contribution in [2.75, 3.05) is 25.5 Å². The van der Waals surface area contributed by atoms with Crippen molar-refractivity contribution in [1.29, 1.82) is 0 Å². The van der Waals surface area contributed by atoms with E-state index in [0.29, 0.717) is 12.3 Å². The summed E-state index contributed by atoms with van der Waals surface area (Å²) in [6.07, 6.45) is 1.67. The summed E-state index contributed by atoms with van der Waals surface area (Å²) < 4.78 is 5.33. The Bertz CT molecular complexity index is 267. The maximum absolute atomic E-state index is 5.54. The number of ether oxygens (including phenoxy) is 1. The van der Waals surface area contributed by atoms with Crippen LogP contribution in [0.25, 0.3) is 0 Å². The number of anilines is 1. The molecule has 4 nitrogen and oxygen atoms in total. The Hall–Kier alpha value is -1.13. The first-order chi connectivity index (χ1) is 6.36. The molecule has 1 fully saturated rings. The Kier molecular flexibility index (Phi) is 2.42. The number of nitrogens with one attached hydrogen (secondary N) is 1. The summed E-state index contributed by atoms with van der Waals surface area (Å²) in [5.41, 5.74) is 7.23. The van der Waals surface area contributed by atoms with Gasteiger partial charge in [0.05, 0.1) is 36.8 Å². The van der Waals surface area contributed by atoms with Crippen LogP contribution in [0, 0.1) is 0 Å². The maximum atomic E-state index is 5.54. The zero-order valence-electron chi connectivity index (χ0n) is 7.36. The fourth-order valence-electron chi connectivity index (χ4n) is 1.38. The smallest absolute Gasteiger partial charge is 0.0733 e. The highest BCUT2D eigenvalue weighted by molar-refractivity contribution is 5.35. The number of nitrogens with zero attached hydrogens (tertiary/aromatic N) is 1. The zero-order valence-corrected chi connectivity index (χ0v) is 7.36. The molecule has 1 atom stereocenters. The monoisotopic (exact) mass is 179 g/mol. The Balaban J connectivity index is 2.10. The third-order valence-corrected chi connectivity index (χ3v) is 2.09. The number of pyridine rings is 1. The second-order valence-corrected chi connectivity index (χ2v) is 3.10. The summed E-state index contributed by atoms with van der Waals surface area (Å²) in [5, 5.41) is 3.33. The lowest BCUT2D eigenvalue weighted by Gasteiger charge is -2.23. The number of nitrogen functional groups attached to an aromatic ring is 1. The first kappa shape index (κ1) is 8.47. The number of hydrogen-bond acceptors (Lipinski definition) is 4. The third kappa shape index (κ3) is 1.96. The summed E-state index contributed by atoms with van der Waals surface area (Å²) in [6.45, 7) is 2.36. The van der Waals surface area contributed by atoms with Gasteiger partial charge in [-0.2, -0.15) is 0 Å². The van der Waals surface area contributed by atoms with Gasteiger partial charge in [-0.3, -0.25) is 4.98 Å². The topological polar surface area (TPSA) is 60.2 Å². The van der Waals surface area contributed by atoms with Gasteiger partial charge in [0.15, 0.2) is 0 Å². The van der Waals surface area contributed by atoms with Crippen LogP contribution in [0.15, 0.2) is 18.3 Å². The molecule has 3 N–H and O–H groups in total. The molecule has 0 saturated carbocycles. The molecule has 1 aliphatic heterocycles. The Labute approximate surface area is 77.1 Å². The first-order valence-electron chi connectivity index (χ1n) is 4.39. The van der Waals surface area contributed by atoms with E-state index in [1.807, 2.05) is 12.1 Å². The minimum Gasteiger partial charge on any atom is -0.397 e. The molecule has 0 aliphatic carbocycles. The fourth-order valence-corrected chi connectivity index (χ4v) is 1.38. The highest BCUT2D eigenvalue weighted by atomic mass is 16.5. The van der Waals surface area contributed by atoms with Crippen molar-refractivity contribution >= 4 is 5.69 Å². The van der Waals surface area contributed by atoms with Crippen molar-refractivity contribution in [2.24, 2.45) is 0 Å². The van der Waals surface area contributed by atoms with Crippen LogP contribution in [-0.2, 0) is 4.74 Å². The molecule has 0 bridgehead atoms. The largest absolute Gasteiger partial charge is 0.397 e. The Morgan fingerprint density at radius 3 is 3.08 bits per heavy atom. The Morgan fingerprint density at radius 2 is 2.46 bits per heavy atom. The number of nitrogens with two attached hydrogens (primary N) is 1. The molecule has 1 saturated heterocycles. The van der Waals surface area contributed by atoms with Gasteiger partial charge in [0, 0.05) is 6.54 Å². The number of aromatic nitrogens is 1. The molecule has 0 aromatic carbocycles. The Morgan fingerprint density at radius 1 is 1.54 bits per heavy atom. The number of hydrogen-bond donors (Lipinski definition) is 2. The summed E-state index contributed by atoms with van der Waals surface area (Å²) >= 11 is 0. The minimum atomic E-state index is 0.217. The lowest BCUT2D eigenvalue weighted by Crippen LogP contribution is -2.35. The van der Waals surface area contributed by atoms with Gasteiger partial charge in [0.1, 0.15) is 0 Å². The van der Waals surface area contributed by atoms with Crippen LogP contribution in [0.1, 0.15) is 11.7 Å². The first-order valence-corrected chi connectivity index (χ1v) is 4.39. The van der Waals surface area contributed by atoms with Gasteiger partial charge in [-0.25, -0.2) is 0 Å². The second kappa shape index (κ2) is 3.72. The lowest BCUT2D eigenvalue weighted by molar-refractivity contribution is 0.0756. The van der Waals surface area contributed by atoms with E-state index in [9.17, 15) is 0 Å². The van der Waals surface area contributed by atoms with Gasteiger partial charge >= 0.3 is 0 Å². The van der Waals surface area contributed by atoms with Gasteiger partial charge in [-0.1, -0.05) is 0 Å². The summed E-state index contributed by atoms with van der Waals surface area (Å²) in [4.78, 5) is 4.23. The van der Waals surface area contributed by atoms with Crippen molar-refractivity contribution < 1.29 is 4.74 Å². The zero-order chi connectivity index (χ0) is 9.10. The normalized spacial score (nSPS) is 22.9. The van der Waals surface area contributed by atoms with Crippen molar-refractivity contribution in [2.45, 2.75) is 6.04 Å². The van der Waals surface area contributed by atoms with Crippen molar-refractivity contribution in [3.63, 3.8) is 0 Å². The van der Waals surface area contributed by atoms with E-state index in [1.54, 1.807) is 6.20 Å². The van der Waals surface area contributed by atoms with Crippen molar-refractivity contribution in [3.8, 4) is 0 Å². The van der Waals surface area contributed by atoms with Crippen LogP contribution >= 0.6 is 0 Å². The van der Waals surface area contributed by atoms with Gasteiger partial charge < -0.3 is 15.8 Å².